The Morgan fingerprint density at radius 1 is 1.30 bits per heavy atom. The average molecular weight is 333 g/mol. The molecule has 1 aliphatic heterocycles. The van der Waals surface area contributed by atoms with Crippen molar-refractivity contribution < 1.29 is 19.0 Å². The molecule has 8 heteroatoms. The van der Waals surface area contributed by atoms with E-state index < -0.39 is 0 Å². The summed E-state index contributed by atoms with van der Waals surface area (Å²) in [5.41, 5.74) is 0.425. The first kappa shape index (κ1) is 14.3. The molecule has 23 heavy (non-hydrogen) atoms. The van der Waals surface area contributed by atoms with Crippen molar-refractivity contribution in [1.82, 2.24) is 10.2 Å². The predicted octanol–water partition coefficient (Wildman–Crippen LogP) is 2.45. The van der Waals surface area contributed by atoms with E-state index in [0.29, 0.717) is 47.1 Å². The molecule has 0 atom stereocenters. The number of amides is 1. The zero-order valence-electron chi connectivity index (χ0n) is 12.5. The summed E-state index contributed by atoms with van der Waals surface area (Å²) in [6.07, 6.45) is 2.31. The molecule has 1 N–H and O–H groups in total. The standard InChI is InChI=1S/C15H15N3O4S/c1-20-10-6-9(7-11-12(10)22-5-4-21-11)13(19)16-15-18-17-14(23-15)8-2-3-8/h6-8H,2-5H2,1H3,(H,16,18,19). The summed E-state index contributed by atoms with van der Waals surface area (Å²) in [5.74, 6) is 1.76. The van der Waals surface area contributed by atoms with Crippen LogP contribution in [-0.4, -0.2) is 36.4 Å². The van der Waals surface area contributed by atoms with Crippen LogP contribution in [0, 0.1) is 0 Å². The third-order valence-electron chi connectivity index (χ3n) is 3.68. The van der Waals surface area contributed by atoms with Gasteiger partial charge in [-0.05, 0) is 25.0 Å². The van der Waals surface area contributed by atoms with E-state index in [1.165, 1.54) is 18.4 Å². The highest BCUT2D eigenvalue weighted by Crippen LogP contribution is 2.42. The van der Waals surface area contributed by atoms with Gasteiger partial charge in [0.25, 0.3) is 5.91 Å². The summed E-state index contributed by atoms with van der Waals surface area (Å²) < 4.78 is 16.4. The Kier molecular flexibility index (Phi) is 3.53. The molecule has 0 spiro atoms. The van der Waals surface area contributed by atoms with Gasteiger partial charge < -0.3 is 14.2 Å². The minimum Gasteiger partial charge on any atom is -0.493 e. The van der Waals surface area contributed by atoms with Gasteiger partial charge in [0.1, 0.15) is 18.2 Å². The molecule has 1 aromatic carbocycles. The Bertz CT molecular complexity index is 740. The Balaban J connectivity index is 1.57. The summed E-state index contributed by atoms with van der Waals surface area (Å²) in [4.78, 5) is 12.4. The van der Waals surface area contributed by atoms with Gasteiger partial charge in [0.05, 0.1) is 7.11 Å². The second-order valence-electron chi connectivity index (χ2n) is 5.38. The fourth-order valence-corrected chi connectivity index (χ4v) is 3.26. The van der Waals surface area contributed by atoms with Crippen molar-refractivity contribution in [2.45, 2.75) is 18.8 Å². The first-order valence-corrected chi connectivity index (χ1v) is 8.18. The average Bonchev–Trinajstić information content (AvgIpc) is 3.33. The predicted molar refractivity (Wildman–Crippen MR) is 83.8 cm³/mol. The Labute approximate surface area is 136 Å². The summed E-state index contributed by atoms with van der Waals surface area (Å²) in [5, 5.41) is 12.4. The highest BCUT2D eigenvalue weighted by atomic mass is 32.1. The van der Waals surface area contributed by atoms with Crippen molar-refractivity contribution in [3.63, 3.8) is 0 Å². The topological polar surface area (TPSA) is 82.6 Å². The number of carbonyl (C=O) groups excluding carboxylic acids is 1. The maximum Gasteiger partial charge on any atom is 0.257 e. The number of aromatic nitrogens is 2. The van der Waals surface area contributed by atoms with E-state index >= 15 is 0 Å². The van der Waals surface area contributed by atoms with E-state index in [2.05, 4.69) is 15.5 Å². The lowest BCUT2D eigenvalue weighted by Gasteiger charge is -2.21. The summed E-state index contributed by atoms with van der Waals surface area (Å²) >= 11 is 1.42. The van der Waals surface area contributed by atoms with Crippen molar-refractivity contribution in [3.05, 3.63) is 22.7 Å². The van der Waals surface area contributed by atoms with Crippen molar-refractivity contribution in [3.8, 4) is 17.2 Å². The number of carbonyl (C=O) groups is 1. The van der Waals surface area contributed by atoms with Crippen molar-refractivity contribution >= 4 is 22.4 Å². The van der Waals surface area contributed by atoms with E-state index in [4.69, 9.17) is 14.2 Å². The number of hydrogen-bond acceptors (Lipinski definition) is 7. The highest BCUT2D eigenvalue weighted by molar-refractivity contribution is 7.15. The fraction of sp³-hybridized carbons (Fsp3) is 0.400. The monoisotopic (exact) mass is 333 g/mol. The number of hydrogen-bond donors (Lipinski definition) is 1. The molecule has 2 aromatic rings. The van der Waals surface area contributed by atoms with Crippen LogP contribution in [0.1, 0.15) is 34.1 Å². The smallest absolute Gasteiger partial charge is 0.257 e. The molecule has 1 aliphatic carbocycles. The van der Waals surface area contributed by atoms with Crippen molar-refractivity contribution in [1.29, 1.82) is 0 Å². The molecule has 1 aromatic heterocycles. The molecule has 7 nitrogen and oxygen atoms in total. The minimum atomic E-state index is -0.279. The first-order valence-electron chi connectivity index (χ1n) is 7.37. The van der Waals surface area contributed by atoms with Crippen molar-refractivity contribution in [2.75, 3.05) is 25.6 Å². The van der Waals surface area contributed by atoms with Crippen LogP contribution >= 0.6 is 11.3 Å². The number of ether oxygens (including phenoxy) is 3. The summed E-state index contributed by atoms with van der Waals surface area (Å²) in [7, 11) is 1.53. The second kappa shape index (κ2) is 5.69. The van der Waals surface area contributed by atoms with Gasteiger partial charge in [-0.2, -0.15) is 0 Å². The van der Waals surface area contributed by atoms with Crippen LogP contribution in [-0.2, 0) is 0 Å². The number of nitrogens with zero attached hydrogens (tertiary/aromatic N) is 2. The van der Waals surface area contributed by atoms with Crippen LogP contribution < -0.4 is 19.5 Å². The molecule has 0 bridgehead atoms. The van der Waals surface area contributed by atoms with Gasteiger partial charge >= 0.3 is 0 Å². The molecule has 120 valence electrons. The zero-order chi connectivity index (χ0) is 15.8. The Hall–Kier alpha value is -2.35. The van der Waals surface area contributed by atoms with Crippen molar-refractivity contribution in [2.24, 2.45) is 0 Å². The number of anilines is 1. The third kappa shape index (κ3) is 2.81. The molecule has 0 unspecified atom stereocenters. The Morgan fingerprint density at radius 3 is 2.91 bits per heavy atom. The van der Waals surface area contributed by atoms with Crippen LogP contribution in [0.3, 0.4) is 0 Å². The lowest BCUT2D eigenvalue weighted by molar-refractivity contribution is 0.102. The van der Waals surface area contributed by atoms with Gasteiger partial charge in [-0.15, -0.1) is 10.2 Å². The maximum atomic E-state index is 12.4. The van der Waals surface area contributed by atoms with E-state index in [0.717, 1.165) is 17.8 Å². The lowest BCUT2D eigenvalue weighted by Crippen LogP contribution is -2.18. The summed E-state index contributed by atoms with van der Waals surface area (Å²) in [6, 6.07) is 3.28. The van der Waals surface area contributed by atoms with Gasteiger partial charge in [0, 0.05) is 11.5 Å². The second-order valence-corrected chi connectivity index (χ2v) is 6.39. The molecule has 2 heterocycles. The van der Waals surface area contributed by atoms with Crippen LogP contribution in [0.25, 0.3) is 0 Å². The molecule has 4 rings (SSSR count). The molecule has 1 amide bonds. The van der Waals surface area contributed by atoms with E-state index in [1.54, 1.807) is 12.1 Å². The highest BCUT2D eigenvalue weighted by Gasteiger charge is 2.28. The van der Waals surface area contributed by atoms with Gasteiger partial charge in [0.2, 0.25) is 10.9 Å². The first-order chi connectivity index (χ1) is 11.2. The number of fused-ring (bicyclic) bond motifs is 1. The van der Waals surface area contributed by atoms with Crippen LogP contribution in [0.2, 0.25) is 0 Å². The van der Waals surface area contributed by atoms with E-state index in [-0.39, 0.29) is 5.91 Å². The normalized spacial score (nSPS) is 16.0. The number of rotatable bonds is 4. The lowest BCUT2D eigenvalue weighted by atomic mass is 10.1. The van der Waals surface area contributed by atoms with Crippen LogP contribution in [0.5, 0.6) is 17.2 Å². The van der Waals surface area contributed by atoms with E-state index in [9.17, 15) is 4.79 Å². The van der Waals surface area contributed by atoms with Gasteiger partial charge in [-0.1, -0.05) is 11.3 Å². The zero-order valence-corrected chi connectivity index (χ0v) is 13.3. The molecule has 0 saturated heterocycles. The minimum absolute atomic E-state index is 0.279. The fourth-order valence-electron chi connectivity index (χ4n) is 2.35. The van der Waals surface area contributed by atoms with Gasteiger partial charge in [0.15, 0.2) is 11.5 Å². The molecule has 2 aliphatic rings. The SMILES string of the molecule is COc1cc(C(=O)Nc2nnc(C3CC3)s2)cc2c1OCCO2. The van der Waals surface area contributed by atoms with Gasteiger partial charge in [-0.25, -0.2) is 0 Å². The van der Waals surface area contributed by atoms with Crippen LogP contribution in [0.4, 0.5) is 5.13 Å². The molecule has 1 fully saturated rings. The van der Waals surface area contributed by atoms with Crippen LogP contribution in [0.15, 0.2) is 12.1 Å². The Morgan fingerprint density at radius 2 is 2.13 bits per heavy atom. The number of benzene rings is 1. The maximum absolute atomic E-state index is 12.4. The third-order valence-corrected chi connectivity index (χ3v) is 4.68. The number of nitrogens with one attached hydrogen (secondary N) is 1. The molecular weight excluding hydrogens is 318 g/mol. The largest absolute Gasteiger partial charge is 0.493 e. The van der Waals surface area contributed by atoms with E-state index in [1.807, 2.05) is 0 Å². The quantitative estimate of drug-likeness (QED) is 0.925. The van der Waals surface area contributed by atoms with Gasteiger partial charge in [-0.3, -0.25) is 10.1 Å². The number of methoxy groups -OCH3 is 1. The molecule has 1 saturated carbocycles. The summed E-state index contributed by atoms with van der Waals surface area (Å²) in [6.45, 7) is 0.909. The molecular formula is C15H15N3O4S. The molecule has 0 radical (unpaired) electrons.